The van der Waals surface area contributed by atoms with Gasteiger partial charge in [-0.05, 0) is 80.2 Å². The van der Waals surface area contributed by atoms with Crippen molar-refractivity contribution in [2.45, 2.75) is 20.5 Å². The molecule has 1 saturated heterocycles. The Labute approximate surface area is 240 Å². The minimum Gasteiger partial charge on any atom is -0.488 e. The number of amidine groups is 1. The average Bonchev–Trinajstić information content (AvgIpc) is 3.20. The molecule has 7 heteroatoms. The molecule has 0 spiro atoms. The summed E-state index contributed by atoms with van der Waals surface area (Å²) in [6.07, 6.45) is 1.86. The van der Waals surface area contributed by atoms with Gasteiger partial charge in [0.05, 0.1) is 16.3 Å². The molecule has 1 heterocycles. The van der Waals surface area contributed by atoms with Gasteiger partial charge in [0.2, 0.25) is 0 Å². The maximum atomic E-state index is 13.8. The highest BCUT2D eigenvalue weighted by molar-refractivity contribution is 9.10. The van der Waals surface area contributed by atoms with Crippen LogP contribution in [-0.2, 0) is 11.4 Å². The number of rotatable bonds is 6. The van der Waals surface area contributed by atoms with Gasteiger partial charge in [0, 0.05) is 20.6 Å². The van der Waals surface area contributed by atoms with Crippen LogP contribution >= 0.6 is 39.3 Å². The van der Waals surface area contributed by atoms with Gasteiger partial charge in [-0.25, -0.2) is 4.99 Å². The molecule has 0 radical (unpaired) electrons. The van der Waals surface area contributed by atoms with Crippen molar-refractivity contribution in [2.75, 3.05) is 4.90 Å². The Morgan fingerprint density at radius 1 is 0.947 bits per heavy atom. The largest absolute Gasteiger partial charge is 0.488 e. The zero-order valence-corrected chi connectivity index (χ0v) is 24.0. The van der Waals surface area contributed by atoms with Crippen LogP contribution < -0.4 is 9.64 Å². The lowest BCUT2D eigenvalue weighted by Gasteiger charge is -2.16. The second-order valence-corrected chi connectivity index (χ2v) is 11.2. The molecule has 190 valence electrons. The molecule has 0 aromatic heterocycles. The summed E-state index contributed by atoms with van der Waals surface area (Å²) in [6, 6.07) is 29.1. The number of carbonyl (C=O) groups excluding carboxylic acids is 1. The van der Waals surface area contributed by atoms with Crippen molar-refractivity contribution in [2.24, 2.45) is 4.99 Å². The van der Waals surface area contributed by atoms with E-state index in [2.05, 4.69) is 15.9 Å². The maximum absolute atomic E-state index is 13.8. The Hall–Kier alpha value is -3.32. The Morgan fingerprint density at radius 3 is 2.34 bits per heavy atom. The fourth-order valence-corrected chi connectivity index (χ4v) is 5.44. The molecule has 4 aromatic carbocycles. The van der Waals surface area contributed by atoms with Crippen molar-refractivity contribution in [3.63, 3.8) is 0 Å². The van der Waals surface area contributed by atoms with Gasteiger partial charge in [-0.15, -0.1) is 0 Å². The highest BCUT2D eigenvalue weighted by Gasteiger charge is 2.35. The normalized spacial score (nSPS) is 15.5. The summed E-state index contributed by atoms with van der Waals surface area (Å²) in [5.74, 6) is 0.515. The van der Waals surface area contributed by atoms with E-state index in [9.17, 15) is 4.79 Å². The average molecular weight is 604 g/mol. The molecule has 0 bridgehead atoms. The fourth-order valence-electron chi connectivity index (χ4n) is 3.88. The Morgan fingerprint density at radius 2 is 1.63 bits per heavy atom. The van der Waals surface area contributed by atoms with Crippen LogP contribution in [0.4, 0.5) is 11.4 Å². The second kappa shape index (κ2) is 11.6. The highest BCUT2D eigenvalue weighted by Crippen LogP contribution is 2.39. The van der Waals surface area contributed by atoms with E-state index in [0.29, 0.717) is 27.5 Å². The molecule has 1 fully saturated rings. The van der Waals surface area contributed by atoms with Gasteiger partial charge in [-0.3, -0.25) is 9.69 Å². The Balaban J connectivity index is 1.51. The minimum atomic E-state index is -0.137. The molecule has 1 amide bonds. The number of carbonyl (C=O) groups is 1. The molecule has 1 aliphatic rings. The molecule has 4 aromatic rings. The van der Waals surface area contributed by atoms with Crippen molar-refractivity contribution in [3.05, 3.63) is 128 Å². The molecular weight excluding hydrogens is 580 g/mol. The molecule has 0 saturated carbocycles. The molecule has 0 N–H and O–H groups in total. The van der Waals surface area contributed by atoms with E-state index < -0.39 is 0 Å². The number of ether oxygens (including phenoxy) is 1. The first-order valence-electron chi connectivity index (χ1n) is 12.0. The van der Waals surface area contributed by atoms with Crippen molar-refractivity contribution >= 4 is 67.8 Å². The third-order valence-electron chi connectivity index (χ3n) is 5.96. The van der Waals surface area contributed by atoms with Gasteiger partial charge in [0.1, 0.15) is 12.4 Å². The first-order chi connectivity index (χ1) is 18.4. The predicted octanol–water partition coefficient (Wildman–Crippen LogP) is 9.11. The van der Waals surface area contributed by atoms with E-state index in [1.165, 1.54) is 11.8 Å². The van der Waals surface area contributed by atoms with Crippen LogP contribution in [0.2, 0.25) is 5.02 Å². The molecule has 0 aliphatic carbocycles. The van der Waals surface area contributed by atoms with E-state index in [0.717, 1.165) is 38.1 Å². The van der Waals surface area contributed by atoms with Crippen molar-refractivity contribution < 1.29 is 9.53 Å². The summed E-state index contributed by atoms with van der Waals surface area (Å²) < 4.78 is 7.03. The molecule has 4 nitrogen and oxygen atoms in total. The van der Waals surface area contributed by atoms with Crippen molar-refractivity contribution in [1.29, 1.82) is 0 Å². The number of hydrogen-bond donors (Lipinski definition) is 0. The van der Waals surface area contributed by atoms with Crippen LogP contribution in [0.15, 0.2) is 105 Å². The Bertz CT molecular complexity index is 1550. The molecular formula is C31H24BrClN2O2S. The number of halogens is 2. The summed E-state index contributed by atoms with van der Waals surface area (Å²) in [5, 5.41) is 1.25. The van der Waals surface area contributed by atoms with Gasteiger partial charge in [-0.2, -0.15) is 0 Å². The van der Waals surface area contributed by atoms with Gasteiger partial charge in [-0.1, -0.05) is 81.1 Å². The zero-order valence-electron chi connectivity index (χ0n) is 20.8. The standard InChI is InChI=1S/C31H24BrClN2O2S/c1-20-7-12-25(13-8-20)34-31-35(26-14-9-21(2)10-15-26)30(36)29(38-31)18-23-17-24(32)11-16-28(23)37-19-22-5-3-4-6-27(22)33/h3-18H,19H2,1-2H3/b29-18-,34-31?. The van der Waals surface area contributed by atoms with Crippen molar-refractivity contribution in [1.82, 2.24) is 0 Å². The summed E-state index contributed by atoms with van der Waals surface area (Å²) in [4.78, 5) is 20.8. The van der Waals surface area contributed by atoms with Gasteiger partial charge >= 0.3 is 0 Å². The summed E-state index contributed by atoms with van der Waals surface area (Å²) in [6.45, 7) is 4.37. The number of amides is 1. The van der Waals surface area contributed by atoms with E-state index in [4.69, 9.17) is 21.3 Å². The van der Waals surface area contributed by atoms with E-state index in [-0.39, 0.29) is 5.91 Å². The smallest absolute Gasteiger partial charge is 0.271 e. The number of hydrogen-bond acceptors (Lipinski definition) is 4. The SMILES string of the molecule is Cc1ccc(N=C2S/C(=C\c3cc(Br)ccc3OCc3ccccc3Cl)C(=O)N2c2ccc(C)cc2)cc1. The van der Waals surface area contributed by atoms with Crippen molar-refractivity contribution in [3.8, 4) is 5.75 Å². The van der Waals surface area contributed by atoms with Gasteiger partial charge in [0.25, 0.3) is 5.91 Å². The van der Waals surface area contributed by atoms with Gasteiger partial charge in [0.15, 0.2) is 5.17 Å². The number of thioether (sulfide) groups is 1. The lowest BCUT2D eigenvalue weighted by Crippen LogP contribution is -2.28. The molecule has 38 heavy (non-hydrogen) atoms. The molecule has 0 unspecified atom stereocenters. The monoisotopic (exact) mass is 602 g/mol. The molecule has 0 atom stereocenters. The minimum absolute atomic E-state index is 0.137. The summed E-state index contributed by atoms with van der Waals surface area (Å²) >= 11 is 11.2. The zero-order chi connectivity index (χ0) is 26.6. The summed E-state index contributed by atoms with van der Waals surface area (Å²) in [5.41, 5.74) is 5.50. The lowest BCUT2D eigenvalue weighted by molar-refractivity contribution is -0.113. The van der Waals surface area contributed by atoms with E-state index in [1.807, 2.05) is 111 Å². The number of aryl methyl sites for hydroxylation is 2. The first kappa shape index (κ1) is 26.3. The van der Waals surface area contributed by atoms with Crippen LogP contribution in [0.3, 0.4) is 0 Å². The maximum Gasteiger partial charge on any atom is 0.271 e. The summed E-state index contributed by atoms with van der Waals surface area (Å²) in [7, 11) is 0. The molecule has 5 rings (SSSR count). The van der Waals surface area contributed by atoms with Crippen LogP contribution in [-0.4, -0.2) is 11.1 Å². The van der Waals surface area contributed by atoms with Crippen LogP contribution in [0.25, 0.3) is 6.08 Å². The number of aliphatic imine (C=N–C) groups is 1. The van der Waals surface area contributed by atoms with Crippen LogP contribution in [0, 0.1) is 13.8 Å². The van der Waals surface area contributed by atoms with Crippen LogP contribution in [0.1, 0.15) is 22.3 Å². The topological polar surface area (TPSA) is 41.9 Å². The third kappa shape index (κ3) is 6.04. The number of nitrogens with zero attached hydrogens (tertiary/aromatic N) is 2. The number of benzene rings is 4. The molecule has 1 aliphatic heterocycles. The Kier molecular flexibility index (Phi) is 8.03. The number of anilines is 1. The van der Waals surface area contributed by atoms with Crippen LogP contribution in [0.5, 0.6) is 5.75 Å². The first-order valence-corrected chi connectivity index (χ1v) is 14.0. The van der Waals surface area contributed by atoms with E-state index >= 15 is 0 Å². The van der Waals surface area contributed by atoms with E-state index in [1.54, 1.807) is 4.90 Å². The van der Waals surface area contributed by atoms with Gasteiger partial charge < -0.3 is 4.74 Å². The quantitative estimate of drug-likeness (QED) is 0.206. The highest BCUT2D eigenvalue weighted by atomic mass is 79.9. The third-order valence-corrected chi connectivity index (χ3v) is 7.79. The second-order valence-electron chi connectivity index (χ2n) is 8.88. The fraction of sp³-hybridized carbons (Fsp3) is 0.0968. The lowest BCUT2D eigenvalue weighted by atomic mass is 10.1. The predicted molar refractivity (Wildman–Crippen MR) is 162 cm³/mol.